The zero-order valence-corrected chi connectivity index (χ0v) is 12.6. The summed E-state index contributed by atoms with van der Waals surface area (Å²) < 4.78 is 5.37. The van der Waals surface area contributed by atoms with Crippen LogP contribution in [0.4, 0.5) is 5.69 Å². The van der Waals surface area contributed by atoms with Gasteiger partial charge < -0.3 is 15.0 Å². The quantitative estimate of drug-likeness (QED) is 0.698. The number of nitrogens with one attached hydrogen (secondary N) is 1. The maximum absolute atomic E-state index is 12.0. The van der Waals surface area contributed by atoms with Crippen molar-refractivity contribution in [3.8, 4) is 0 Å². The first-order valence-electron chi connectivity index (χ1n) is 7.15. The van der Waals surface area contributed by atoms with Crippen molar-refractivity contribution >= 4 is 17.7 Å². The van der Waals surface area contributed by atoms with Crippen LogP contribution in [0.5, 0.6) is 0 Å². The van der Waals surface area contributed by atoms with Crippen molar-refractivity contribution in [1.82, 2.24) is 5.32 Å². The monoisotopic (exact) mass is 294 g/mol. The Labute approximate surface area is 130 Å². The van der Waals surface area contributed by atoms with E-state index in [1.54, 1.807) is 0 Å². The molecule has 1 aliphatic heterocycles. The van der Waals surface area contributed by atoms with Gasteiger partial charge in [0.15, 0.2) is 6.23 Å². The van der Waals surface area contributed by atoms with Crippen molar-refractivity contribution < 1.29 is 9.53 Å². The molecule has 0 amide bonds. The Kier molecular flexibility index (Phi) is 3.83. The summed E-state index contributed by atoms with van der Waals surface area (Å²) in [5, 5.41) is 3.12. The molecule has 0 spiro atoms. The van der Waals surface area contributed by atoms with Crippen LogP contribution in [0.15, 0.2) is 60.3 Å². The highest BCUT2D eigenvalue weighted by atomic mass is 16.6. The molecule has 1 atom stereocenters. The first-order chi connectivity index (χ1) is 10.6. The van der Waals surface area contributed by atoms with Gasteiger partial charge in [0.05, 0.1) is 0 Å². The minimum atomic E-state index is -0.416. The number of hydrogen-bond acceptors (Lipinski definition) is 4. The van der Waals surface area contributed by atoms with Crippen molar-refractivity contribution in [1.29, 1.82) is 0 Å². The van der Waals surface area contributed by atoms with Crippen LogP contribution in [0.1, 0.15) is 17.4 Å². The number of cyclic esters (lactones) is 1. The second kappa shape index (κ2) is 5.93. The minimum Gasteiger partial charge on any atom is -0.433 e. The van der Waals surface area contributed by atoms with Gasteiger partial charge in [-0.3, -0.25) is 0 Å². The molecular weight excluding hydrogens is 276 g/mol. The van der Waals surface area contributed by atoms with Crippen molar-refractivity contribution in [2.45, 2.75) is 6.23 Å². The smallest absolute Gasteiger partial charge is 0.356 e. The number of esters is 1. The van der Waals surface area contributed by atoms with Crippen LogP contribution >= 0.6 is 0 Å². The maximum atomic E-state index is 12.0. The molecule has 3 rings (SSSR count). The third-order valence-electron chi connectivity index (χ3n) is 3.55. The first kappa shape index (κ1) is 14.2. The molecule has 2 aromatic rings. The maximum Gasteiger partial charge on any atom is 0.356 e. The van der Waals surface area contributed by atoms with Crippen LogP contribution in [-0.2, 0) is 9.53 Å². The van der Waals surface area contributed by atoms with Crippen molar-refractivity contribution in [2.75, 3.05) is 19.0 Å². The van der Waals surface area contributed by atoms with E-state index in [4.69, 9.17) is 4.74 Å². The summed E-state index contributed by atoms with van der Waals surface area (Å²) in [6.07, 6.45) is 1.39. The molecular formula is C18H18N2O2. The van der Waals surface area contributed by atoms with Gasteiger partial charge in [-0.2, -0.15) is 0 Å². The van der Waals surface area contributed by atoms with Crippen LogP contribution in [0, 0.1) is 0 Å². The third kappa shape index (κ3) is 2.96. The van der Waals surface area contributed by atoms with Gasteiger partial charge in [0, 0.05) is 25.3 Å². The lowest BCUT2D eigenvalue weighted by Crippen LogP contribution is -2.12. The molecule has 1 fully saturated rings. The lowest BCUT2D eigenvalue weighted by molar-refractivity contribution is -0.139. The van der Waals surface area contributed by atoms with Crippen molar-refractivity contribution in [2.24, 2.45) is 0 Å². The summed E-state index contributed by atoms with van der Waals surface area (Å²) in [6.45, 7) is 0. The zero-order chi connectivity index (χ0) is 15.5. The first-order valence-corrected chi connectivity index (χ1v) is 7.15. The number of anilines is 1. The van der Waals surface area contributed by atoms with Gasteiger partial charge in [0.2, 0.25) is 0 Å². The molecule has 0 radical (unpaired) electrons. The van der Waals surface area contributed by atoms with E-state index in [1.165, 1.54) is 0 Å². The molecule has 4 heteroatoms. The van der Waals surface area contributed by atoms with E-state index >= 15 is 0 Å². The Hall–Kier alpha value is -2.75. The fourth-order valence-electron chi connectivity index (χ4n) is 2.32. The second-order valence-electron chi connectivity index (χ2n) is 5.38. The Morgan fingerprint density at radius 1 is 1.05 bits per heavy atom. The summed E-state index contributed by atoms with van der Waals surface area (Å²) in [5.41, 5.74) is 3.48. The largest absolute Gasteiger partial charge is 0.433 e. The van der Waals surface area contributed by atoms with E-state index < -0.39 is 6.23 Å². The van der Waals surface area contributed by atoms with E-state index in [2.05, 4.69) is 5.32 Å². The highest BCUT2D eigenvalue weighted by Crippen LogP contribution is 2.24. The van der Waals surface area contributed by atoms with E-state index in [-0.39, 0.29) is 5.97 Å². The van der Waals surface area contributed by atoms with Crippen LogP contribution in [0.3, 0.4) is 0 Å². The molecule has 22 heavy (non-hydrogen) atoms. The number of ether oxygens (including phenoxy) is 1. The number of benzene rings is 2. The van der Waals surface area contributed by atoms with Crippen LogP contribution in [-0.4, -0.2) is 20.1 Å². The van der Waals surface area contributed by atoms with Gasteiger partial charge in [-0.15, -0.1) is 0 Å². The Morgan fingerprint density at radius 2 is 1.73 bits per heavy atom. The lowest BCUT2D eigenvalue weighted by Gasteiger charge is -2.12. The van der Waals surface area contributed by atoms with E-state index in [9.17, 15) is 4.79 Å². The Bertz CT molecular complexity index is 691. The molecule has 0 bridgehead atoms. The summed E-state index contributed by atoms with van der Waals surface area (Å²) in [7, 11) is 3.99. The number of nitrogens with zero attached hydrogens (tertiary/aromatic N) is 1. The molecule has 0 aromatic heterocycles. The normalized spacial score (nSPS) is 18.9. The van der Waals surface area contributed by atoms with Gasteiger partial charge in [-0.25, -0.2) is 4.79 Å². The summed E-state index contributed by atoms with van der Waals surface area (Å²) >= 11 is 0. The molecule has 112 valence electrons. The van der Waals surface area contributed by atoms with Crippen LogP contribution in [0.2, 0.25) is 0 Å². The van der Waals surface area contributed by atoms with Gasteiger partial charge >= 0.3 is 5.97 Å². The van der Waals surface area contributed by atoms with E-state index in [0.29, 0.717) is 5.70 Å². The topological polar surface area (TPSA) is 41.6 Å². The standard InChI is InChI=1S/C18H18N2O2/c1-20(2)15-10-8-13(9-11-15)12-16-18(21)22-17(19-16)14-6-4-3-5-7-14/h3-12,17,19H,1-2H3/b16-12-. The van der Waals surface area contributed by atoms with Crippen LogP contribution < -0.4 is 10.2 Å². The van der Waals surface area contributed by atoms with Gasteiger partial charge in [0.25, 0.3) is 0 Å². The highest BCUT2D eigenvalue weighted by Gasteiger charge is 2.28. The van der Waals surface area contributed by atoms with Gasteiger partial charge in [0.1, 0.15) is 5.70 Å². The number of rotatable bonds is 3. The molecule has 1 saturated heterocycles. The third-order valence-corrected chi connectivity index (χ3v) is 3.55. The molecule has 1 unspecified atom stereocenters. The minimum absolute atomic E-state index is 0.328. The highest BCUT2D eigenvalue weighted by molar-refractivity contribution is 5.95. The second-order valence-corrected chi connectivity index (χ2v) is 5.38. The zero-order valence-electron chi connectivity index (χ0n) is 12.6. The SMILES string of the molecule is CN(C)c1ccc(/C=C2\NC(c3ccccc3)OC2=O)cc1. The van der Waals surface area contributed by atoms with Crippen molar-refractivity contribution in [3.63, 3.8) is 0 Å². The molecule has 1 aliphatic rings. The predicted molar refractivity (Wildman–Crippen MR) is 87.2 cm³/mol. The number of carbonyl (C=O) groups excluding carboxylic acids is 1. The summed E-state index contributed by atoms with van der Waals surface area (Å²) in [5.74, 6) is -0.328. The summed E-state index contributed by atoms with van der Waals surface area (Å²) in [4.78, 5) is 14.0. The molecule has 1 heterocycles. The predicted octanol–water partition coefficient (Wildman–Crippen LogP) is 2.94. The average Bonchev–Trinajstić information content (AvgIpc) is 2.90. The van der Waals surface area contributed by atoms with E-state index in [0.717, 1.165) is 16.8 Å². The number of hydrogen-bond donors (Lipinski definition) is 1. The molecule has 4 nitrogen and oxygen atoms in total. The lowest BCUT2D eigenvalue weighted by atomic mass is 10.1. The van der Waals surface area contributed by atoms with Gasteiger partial charge in [-0.05, 0) is 23.8 Å². The molecule has 1 N–H and O–H groups in total. The van der Waals surface area contributed by atoms with E-state index in [1.807, 2.05) is 79.7 Å². The average molecular weight is 294 g/mol. The molecule has 0 saturated carbocycles. The Morgan fingerprint density at radius 3 is 2.36 bits per heavy atom. The van der Waals surface area contributed by atoms with Crippen molar-refractivity contribution in [3.05, 3.63) is 71.4 Å². The molecule has 0 aliphatic carbocycles. The fourth-order valence-corrected chi connectivity index (χ4v) is 2.32. The van der Waals surface area contributed by atoms with Crippen LogP contribution in [0.25, 0.3) is 6.08 Å². The fraction of sp³-hybridized carbons (Fsp3) is 0.167. The Balaban J connectivity index is 1.78. The summed E-state index contributed by atoms with van der Waals surface area (Å²) in [6, 6.07) is 17.6. The number of carbonyl (C=O) groups is 1. The van der Waals surface area contributed by atoms with Gasteiger partial charge in [-0.1, -0.05) is 42.5 Å². The molecule has 2 aromatic carbocycles.